The molecule has 0 aliphatic heterocycles. The highest BCUT2D eigenvalue weighted by molar-refractivity contribution is 5.78. The van der Waals surface area contributed by atoms with Gasteiger partial charge in [-0.3, -0.25) is 4.99 Å². The van der Waals surface area contributed by atoms with E-state index in [0.717, 1.165) is 22.2 Å². The zero-order valence-electron chi connectivity index (χ0n) is 11.1. The van der Waals surface area contributed by atoms with E-state index >= 15 is 0 Å². The van der Waals surface area contributed by atoms with Gasteiger partial charge >= 0.3 is 0 Å². The molecule has 5 nitrogen and oxygen atoms in total. The first-order valence-electron chi connectivity index (χ1n) is 6.27. The van der Waals surface area contributed by atoms with Crippen LogP contribution in [0.4, 0.5) is 0 Å². The summed E-state index contributed by atoms with van der Waals surface area (Å²) in [7, 11) is 0. The Morgan fingerprint density at radius 2 is 2.00 bits per heavy atom. The monoisotopic (exact) mass is 266 g/mol. The average Bonchev–Trinajstić information content (AvgIpc) is 2.87. The molecule has 5 heteroatoms. The summed E-state index contributed by atoms with van der Waals surface area (Å²) < 4.78 is 0. The van der Waals surface area contributed by atoms with Gasteiger partial charge in [0.25, 0.3) is 0 Å². The molecular formula is C15H14N4O. The molecule has 2 aromatic carbocycles. The smallest absolute Gasteiger partial charge is 0.145 e. The summed E-state index contributed by atoms with van der Waals surface area (Å²) in [6, 6.07) is 11.2. The van der Waals surface area contributed by atoms with Crippen molar-refractivity contribution in [2.45, 2.75) is 13.5 Å². The minimum atomic E-state index is 0.191. The maximum absolute atomic E-state index is 10.1. The number of rotatable bonds is 3. The van der Waals surface area contributed by atoms with Gasteiger partial charge in [-0.1, -0.05) is 24.3 Å². The van der Waals surface area contributed by atoms with E-state index in [1.807, 2.05) is 37.3 Å². The van der Waals surface area contributed by atoms with E-state index in [0.29, 0.717) is 12.2 Å². The first-order chi connectivity index (χ1) is 9.70. The number of benzene rings is 2. The summed E-state index contributed by atoms with van der Waals surface area (Å²) in [5.74, 6) is 0.191. The molecule has 1 heterocycles. The van der Waals surface area contributed by atoms with Crippen molar-refractivity contribution in [3.63, 3.8) is 0 Å². The molecular weight excluding hydrogens is 252 g/mol. The van der Waals surface area contributed by atoms with Crippen LogP contribution in [0.15, 0.2) is 41.4 Å². The van der Waals surface area contributed by atoms with Gasteiger partial charge in [0.2, 0.25) is 0 Å². The molecule has 3 rings (SSSR count). The lowest BCUT2D eigenvalue weighted by Crippen LogP contribution is -1.99. The second-order valence-corrected chi connectivity index (χ2v) is 4.60. The Hall–Kier alpha value is -2.69. The quantitative estimate of drug-likeness (QED) is 0.741. The van der Waals surface area contributed by atoms with Crippen molar-refractivity contribution in [3.05, 3.63) is 47.5 Å². The van der Waals surface area contributed by atoms with Gasteiger partial charge in [-0.15, -0.1) is 15.0 Å². The highest BCUT2D eigenvalue weighted by Gasteiger charge is 2.12. The number of hydrogen-bond donors (Lipinski definition) is 1. The maximum atomic E-state index is 10.1. The van der Waals surface area contributed by atoms with Crippen molar-refractivity contribution in [1.82, 2.24) is 15.0 Å². The topological polar surface area (TPSA) is 63.3 Å². The number of fused-ring (bicyclic) bond motifs is 1. The Morgan fingerprint density at radius 1 is 1.20 bits per heavy atom. The number of para-hydroxylation sites is 1. The van der Waals surface area contributed by atoms with Crippen LogP contribution in [0.1, 0.15) is 11.1 Å². The van der Waals surface area contributed by atoms with Crippen LogP contribution >= 0.6 is 0 Å². The van der Waals surface area contributed by atoms with Crippen molar-refractivity contribution >= 4 is 17.8 Å². The van der Waals surface area contributed by atoms with Crippen LogP contribution in [0.5, 0.6) is 5.75 Å². The molecule has 0 spiro atoms. The zero-order chi connectivity index (χ0) is 14.1. The predicted molar refractivity (Wildman–Crippen MR) is 78.5 cm³/mol. The highest BCUT2D eigenvalue weighted by atomic mass is 16.3. The van der Waals surface area contributed by atoms with Crippen LogP contribution < -0.4 is 0 Å². The summed E-state index contributed by atoms with van der Waals surface area (Å²) in [6.07, 6.45) is 0. The minimum Gasteiger partial charge on any atom is -0.505 e. The van der Waals surface area contributed by atoms with Gasteiger partial charge in [0, 0.05) is 5.56 Å². The van der Waals surface area contributed by atoms with Crippen molar-refractivity contribution < 1.29 is 5.11 Å². The second kappa shape index (κ2) is 4.77. The van der Waals surface area contributed by atoms with Crippen LogP contribution in [0.3, 0.4) is 0 Å². The standard InChI is InChI=1S/C15H14N4O/c1-10-5-3-8-13(15(10)20)19-17-12-7-4-6-11(9-16-2)14(12)18-19/h3-8,20H,2,9H2,1H3. The van der Waals surface area contributed by atoms with Crippen molar-refractivity contribution in [1.29, 1.82) is 0 Å². The fraction of sp³-hybridized carbons (Fsp3) is 0.133. The Morgan fingerprint density at radius 3 is 2.80 bits per heavy atom. The number of aryl methyl sites for hydroxylation is 1. The number of aromatic hydroxyl groups is 1. The number of nitrogens with zero attached hydrogens (tertiary/aromatic N) is 4. The van der Waals surface area contributed by atoms with Gasteiger partial charge in [-0.2, -0.15) is 0 Å². The molecule has 0 atom stereocenters. The van der Waals surface area contributed by atoms with Gasteiger partial charge in [-0.25, -0.2) is 0 Å². The number of aliphatic imine (C=N–C) groups is 1. The number of aromatic nitrogens is 3. The predicted octanol–water partition coefficient (Wildman–Crippen LogP) is 2.64. The Kier molecular flexibility index (Phi) is 2.95. The maximum Gasteiger partial charge on any atom is 0.145 e. The normalized spacial score (nSPS) is 10.8. The van der Waals surface area contributed by atoms with Crippen molar-refractivity contribution in [2.24, 2.45) is 4.99 Å². The molecule has 0 bridgehead atoms. The fourth-order valence-electron chi connectivity index (χ4n) is 2.15. The van der Waals surface area contributed by atoms with Gasteiger partial charge < -0.3 is 5.11 Å². The van der Waals surface area contributed by atoms with E-state index in [9.17, 15) is 5.11 Å². The third-order valence-corrected chi connectivity index (χ3v) is 3.21. The van der Waals surface area contributed by atoms with E-state index in [1.54, 1.807) is 6.07 Å². The SMILES string of the molecule is C=NCc1cccc2nn(-c3cccc(C)c3O)nc12. The Bertz CT molecular complexity index is 792. The van der Waals surface area contributed by atoms with Crippen LogP contribution in [0.2, 0.25) is 0 Å². The van der Waals surface area contributed by atoms with Gasteiger partial charge in [0.05, 0.1) is 6.54 Å². The van der Waals surface area contributed by atoms with Crippen molar-refractivity contribution in [2.75, 3.05) is 0 Å². The zero-order valence-corrected chi connectivity index (χ0v) is 11.1. The lowest BCUT2D eigenvalue weighted by molar-refractivity contribution is 0.463. The molecule has 1 aromatic heterocycles. The van der Waals surface area contributed by atoms with Crippen LogP contribution in [0, 0.1) is 6.92 Å². The first-order valence-corrected chi connectivity index (χ1v) is 6.27. The molecule has 0 saturated carbocycles. The number of phenols is 1. The van der Waals surface area contributed by atoms with Crippen LogP contribution in [0.25, 0.3) is 16.7 Å². The summed E-state index contributed by atoms with van der Waals surface area (Å²) in [5, 5.41) is 19.0. The summed E-state index contributed by atoms with van der Waals surface area (Å²) in [5.41, 5.74) is 3.87. The van der Waals surface area contributed by atoms with Gasteiger partial charge in [0.15, 0.2) is 0 Å². The van der Waals surface area contributed by atoms with Crippen molar-refractivity contribution in [3.8, 4) is 11.4 Å². The van der Waals surface area contributed by atoms with E-state index < -0.39 is 0 Å². The summed E-state index contributed by atoms with van der Waals surface area (Å²) >= 11 is 0. The molecule has 0 aliphatic rings. The average molecular weight is 266 g/mol. The lowest BCUT2D eigenvalue weighted by atomic mass is 10.2. The summed E-state index contributed by atoms with van der Waals surface area (Å²) in [6.45, 7) is 5.85. The first kappa shape index (κ1) is 12.3. The van der Waals surface area contributed by atoms with E-state index in [-0.39, 0.29) is 5.75 Å². The third-order valence-electron chi connectivity index (χ3n) is 3.21. The largest absolute Gasteiger partial charge is 0.505 e. The van der Waals surface area contributed by atoms with Gasteiger partial charge in [0.1, 0.15) is 22.5 Å². The van der Waals surface area contributed by atoms with Crippen LogP contribution in [-0.4, -0.2) is 26.8 Å². The molecule has 3 aromatic rings. The second-order valence-electron chi connectivity index (χ2n) is 4.60. The molecule has 0 saturated heterocycles. The lowest BCUT2D eigenvalue weighted by Gasteiger charge is -2.04. The summed E-state index contributed by atoms with van der Waals surface area (Å²) in [4.78, 5) is 5.35. The molecule has 20 heavy (non-hydrogen) atoms. The fourth-order valence-corrected chi connectivity index (χ4v) is 2.15. The number of phenolic OH excluding ortho intramolecular Hbond substituents is 1. The van der Waals surface area contributed by atoms with Crippen LogP contribution in [-0.2, 0) is 6.54 Å². The molecule has 0 amide bonds. The Labute approximate surface area is 116 Å². The molecule has 0 aliphatic carbocycles. The Balaban J connectivity index is 2.20. The molecule has 1 N–H and O–H groups in total. The molecule has 0 radical (unpaired) electrons. The third kappa shape index (κ3) is 1.93. The minimum absolute atomic E-state index is 0.191. The van der Waals surface area contributed by atoms with E-state index in [4.69, 9.17) is 0 Å². The molecule has 0 unspecified atom stereocenters. The highest BCUT2D eigenvalue weighted by Crippen LogP contribution is 2.25. The van der Waals surface area contributed by atoms with E-state index in [2.05, 4.69) is 21.9 Å². The molecule has 0 fully saturated rings. The van der Waals surface area contributed by atoms with Gasteiger partial charge in [-0.05, 0) is 31.3 Å². The molecule has 100 valence electrons. The van der Waals surface area contributed by atoms with E-state index in [1.165, 1.54) is 4.80 Å². The number of hydrogen-bond acceptors (Lipinski definition) is 4.